The van der Waals surface area contributed by atoms with E-state index in [1.807, 2.05) is 10.9 Å². The van der Waals surface area contributed by atoms with Crippen LogP contribution >= 0.6 is 0 Å². The topological polar surface area (TPSA) is 120 Å². The number of H-pyrrole nitrogens is 1. The molecular formula is C16H22FN3O5. The summed E-state index contributed by atoms with van der Waals surface area (Å²) in [6.45, 7) is 0.370. The number of rotatable bonds is 6. The first kappa shape index (κ1) is 16.5. The quantitative estimate of drug-likeness (QED) is 0.589. The summed E-state index contributed by atoms with van der Waals surface area (Å²) < 4.78 is 41.6. The Morgan fingerprint density at radius 2 is 2.40 bits per heavy atom. The number of nitrogens with zero attached hydrogens (tertiary/aromatic N) is 1. The number of nitrogens with two attached hydrogens (primary N) is 1. The van der Waals surface area contributed by atoms with Crippen LogP contribution in [0.3, 0.4) is 0 Å². The molecule has 25 heavy (non-hydrogen) atoms. The first-order chi connectivity index (χ1) is 12.4. The summed E-state index contributed by atoms with van der Waals surface area (Å²) in [6.07, 6.45) is 2.09. The van der Waals surface area contributed by atoms with Crippen molar-refractivity contribution in [3.8, 4) is 12.3 Å². The van der Waals surface area contributed by atoms with E-state index < -0.39 is 48.5 Å². The molecular weight excluding hydrogens is 333 g/mol. The van der Waals surface area contributed by atoms with Gasteiger partial charge in [-0.05, 0) is 5.92 Å². The van der Waals surface area contributed by atoms with Crippen LogP contribution in [-0.2, 0) is 9.47 Å². The van der Waals surface area contributed by atoms with Crippen molar-refractivity contribution in [2.24, 2.45) is 11.7 Å². The molecule has 1 aliphatic rings. The normalized spacial score (nSPS) is 29.2. The van der Waals surface area contributed by atoms with E-state index >= 15 is 4.39 Å². The number of aromatic nitrogens is 2. The third-order valence-corrected chi connectivity index (χ3v) is 3.86. The van der Waals surface area contributed by atoms with Gasteiger partial charge in [0.15, 0.2) is 6.23 Å². The number of alkyl halides is 1. The molecule has 0 unspecified atom stereocenters. The molecule has 0 saturated carbocycles. The molecule has 4 atom stereocenters. The SMILES string of the molecule is [2H]C([2H])(OC[C@@H](N)C(C)C)[C@]1(F)C[C@@H](O)[C@H](n2cc(C#C)c(=O)[nH]c2=O)O1. The number of aliphatic hydroxyl groups excluding tert-OH is 1. The van der Waals surface area contributed by atoms with Crippen LogP contribution in [0.15, 0.2) is 15.8 Å². The van der Waals surface area contributed by atoms with Gasteiger partial charge >= 0.3 is 5.69 Å². The van der Waals surface area contributed by atoms with E-state index in [-0.39, 0.29) is 18.1 Å². The summed E-state index contributed by atoms with van der Waals surface area (Å²) >= 11 is 0. The van der Waals surface area contributed by atoms with Crippen LogP contribution in [0.25, 0.3) is 0 Å². The third kappa shape index (κ3) is 4.35. The smallest absolute Gasteiger partial charge is 0.330 e. The lowest BCUT2D eigenvalue weighted by atomic mass is 10.1. The van der Waals surface area contributed by atoms with Crippen LogP contribution in [-0.4, -0.2) is 45.8 Å². The first-order valence-electron chi connectivity index (χ1n) is 8.68. The minimum atomic E-state index is -3.06. The van der Waals surface area contributed by atoms with E-state index in [0.29, 0.717) is 4.57 Å². The van der Waals surface area contributed by atoms with Gasteiger partial charge in [0.05, 0.1) is 9.35 Å². The molecule has 1 aliphatic heterocycles. The number of hydrogen-bond donors (Lipinski definition) is 3. The maximum atomic E-state index is 15.2. The van der Waals surface area contributed by atoms with Crippen molar-refractivity contribution >= 4 is 0 Å². The van der Waals surface area contributed by atoms with Crippen molar-refractivity contribution < 1.29 is 21.7 Å². The molecule has 0 aliphatic carbocycles. The first-order valence-corrected chi connectivity index (χ1v) is 7.68. The van der Waals surface area contributed by atoms with Crippen molar-refractivity contribution in [3.05, 3.63) is 32.6 Å². The number of halogens is 1. The fourth-order valence-electron chi connectivity index (χ4n) is 2.21. The van der Waals surface area contributed by atoms with E-state index in [9.17, 15) is 14.7 Å². The largest absolute Gasteiger partial charge is 0.388 e. The van der Waals surface area contributed by atoms with Gasteiger partial charge in [-0.3, -0.25) is 14.3 Å². The number of hydrogen-bond acceptors (Lipinski definition) is 6. The molecule has 0 aromatic carbocycles. The highest BCUT2D eigenvalue weighted by Crippen LogP contribution is 2.37. The number of aromatic amines is 1. The average Bonchev–Trinajstić information content (AvgIpc) is 2.89. The molecule has 8 nitrogen and oxygen atoms in total. The lowest BCUT2D eigenvalue weighted by molar-refractivity contribution is -0.191. The molecule has 138 valence electrons. The van der Waals surface area contributed by atoms with Gasteiger partial charge in [0.25, 0.3) is 5.56 Å². The second-order valence-corrected chi connectivity index (χ2v) is 6.18. The lowest BCUT2D eigenvalue weighted by Gasteiger charge is -2.23. The summed E-state index contributed by atoms with van der Waals surface area (Å²) in [6, 6.07) is -0.536. The van der Waals surface area contributed by atoms with Crippen LogP contribution in [0.4, 0.5) is 4.39 Å². The summed E-state index contributed by atoms with van der Waals surface area (Å²) in [5, 5.41) is 10.1. The molecule has 2 heterocycles. The minimum absolute atomic E-state index is 0.0268. The molecule has 1 saturated heterocycles. The van der Waals surface area contributed by atoms with Gasteiger partial charge in [-0.1, -0.05) is 19.8 Å². The number of nitrogens with one attached hydrogen (secondary N) is 1. The van der Waals surface area contributed by atoms with Crippen LogP contribution in [0.5, 0.6) is 0 Å². The molecule has 1 fully saturated rings. The van der Waals surface area contributed by atoms with Gasteiger partial charge in [0, 0.05) is 18.7 Å². The zero-order chi connectivity index (χ0) is 20.6. The molecule has 0 radical (unpaired) electrons. The van der Waals surface area contributed by atoms with Crippen LogP contribution < -0.4 is 17.0 Å². The maximum absolute atomic E-state index is 15.2. The second kappa shape index (κ2) is 7.49. The molecule has 0 bridgehead atoms. The highest BCUT2D eigenvalue weighted by Gasteiger charge is 2.48. The standard InChI is InChI=1S/C16H22FN3O5/c1-4-10-6-20(15(23)19-13(10)22)14-12(21)5-16(17,25-14)8-24-7-11(18)9(2)3/h1,6,9,11-12,14,21H,5,7-8,18H2,2-3H3,(H,19,22,23)/t11-,12-,14-,16+/m1/s1/i8D2. The highest BCUT2D eigenvalue weighted by molar-refractivity contribution is 5.26. The van der Waals surface area contributed by atoms with Crippen molar-refractivity contribution in [1.82, 2.24) is 9.55 Å². The zero-order valence-electron chi connectivity index (χ0n) is 15.9. The minimum Gasteiger partial charge on any atom is -0.388 e. The Bertz CT molecular complexity index is 850. The number of ether oxygens (including phenoxy) is 2. The monoisotopic (exact) mass is 357 g/mol. The third-order valence-electron chi connectivity index (χ3n) is 3.86. The van der Waals surface area contributed by atoms with E-state index in [0.717, 1.165) is 6.20 Å². The average molecular weight is 357 g/mol. The summed E-state index contributed by atoms with van der Waals surface area (Å²) in [7, 11) is 0. The Balaban J connectivity index is 2.28. The lowest BCUT2D eigenvalue weighted by Crippen LogP contribution is -2.38. The maximum Gasteiger partial charge on any atom is 0.330 e. The molecule has 1 aromatic rings. The Labute approximate surface area is 146 Å². The van der Waals surface area contributed by atoms with Crippen molar-refractivity contribution in [2.75, 3.05) is 13.2 Å². The Morgan fingerprint density at radius 3 is 3.00 bits per heavy atom. The van der Waals surface area contributed by atoms with Gasteiger partial charge in [-0.25, -0.2) is 9.18 Å². The fourth-order valence-corrected chi connectivity index (χ4v) is 2.21. The molecule has 0 amide bonds. The van der Waals surface area contributed by atoms with Gasteiger partial charge in [-0.2, -0.15) is 0 Å². The van der Waals surface area contributed by atoms with E-state index in [4.69, 9.17) is 24.4 Å². The van der Waals surface area contributed by atoms with Gasteiger partial charge < -0.3 is 20.3 Å². The van der Waals surface area contributed by atoms with Crippen LogP contribution in [0.2, 0.25) is 0 Å². The predicted molar refractivity (Wildman–Crippen MR) is 87.5 cm³/mol. The van der Waals surface area contributed by atoms with E-state index in [1.165, 1.54) is 0 Å². The summed E-state index contributed by atoms with van der Waals surface area (Å²) in [5.41, 5.74) is 3.73. The molecule has 9 heteroatoms. The van der Waals surface area contributed by atoms with Gasteiger partial charge in [0.2, 0.25) is 5.85 Å². The summed E-state index contributed by atoms with van der Waals surface area (Å²) in [5.74, 6) is -1.03. The predicted octanol–water partition coefficient (Wildman–Crippen LogP) is -0.537. The summed E-state index contributed by atoms with van der Waals surface area (Å²) in [4.78, 5) is 25.4. The molecule has 1 aromatic heterocycles. The molecule has 0 spiro atoms. The Kier molecular flexibility index (Phi) is 4.94. The van der Waals surface area contributed by atoms with Crippen LogP contribution in [0.1, 0.15) is 34.8 Å². The van der Waals surface area contributed by atoms with Crippen LogP contribution in [0, 0.1) is 18.3 Å². The molecule has 2 rings (SSSR count). The van der Waals surface area contributed by atoms with Gasteiger partial charge in [-0.15, -0.1) is 6.42 Å². The van der Waals surface area contributed by atoms with E-state index in [2.05, 4.69) is 0 Å². The fraction of sp³-hybridized carbons (Fsp3) is 0.625. The number of terminal acetylenes is 1. The zero-order valence-corrected chi connectivity index (χ0v) is 13.9. The Hall–Kier alpha value is -1.99. The second-order valence-electron chi connectivity index (χ2n) is 6.18. The van der Waals surface area contributed by atoms with E-state index in [1.54, 1.807) is 13.8 Å². The van der Waals surface area contributed by atoms with Crippen molar-refractivity contribution in [3.63, 3.8) is 0 Å². The van der Waals surface area contributed by atoms with Crippen molar-refractivity contribution in [1.29, 1.82) is 0 Å². The highest BCUT2D eigenvalue weighted by atomic mass is 19.2. The molecule has 4 N–H and O–H groups in total. The van der Waals surface area contributed by atoms with Crippen molar-refractivity contribution in [2.45, 2.75) is 44.5 Å². The van der Waals surface area contributed by atoms with Gasteiger partial charge in [0.1, 0.15) is 18.2 Å². The Morgan fingerprint density at radius 1 is 1.72 bits per heavy atom. The number of aliphatic hydroxyl groups is 1.